The molecule has 0 aliphatic heterocycles. The van der Waals surface area contributed by atoms with Crippen molar-refractivity contribution in [3.63, 3.8) is 0 Å². The summed E-state index contributed by atoms with van der Waals surface area (Å²) < 4.78 is 0. The Bertz CT molecular complexity index is 167. The smallest absolute Gasteiger partial charge is 0.225 e. The number of hydrogen-bond acceptors (Lipinski definition) is 1. The quantitative estimate of drug-likeness (QED) is 0.675. The van der Waals surface area contributed by atoms with Gasteiger partial charge >= 0.3 is 0 Å². The van der Waals surface area contributed by atoms with Gasteiger partial charge in [-0.2, -0.15) is 0 Å². The van der Waals surface area contributed by atoms with Gasteiger partial charge in [-0.25, -0.2) is 0 Å². The Labute approximate surface area is 96.2 Å². The second kappa shape index (κ2) is 7.27. The highest BCUT2D eigenvalue weighted by atomic mass is 79.9. The van der Waals surface area contributed by atoms with Crippen LogP contribution < -0.4 is 0 Å². The van der Waals surface area contributed by atoms with Crippen LogP contribution in [0, 0.1) is 5.92 Å². The molecule has 0 aromatic carbocycles. The predicted octanol–water partition coefficient (Wildman–Crippen LogP) is 3.05. The van der Waals surface area contributed by atoms with E-state index in [0.717, 1.165) is 24.7 Å². The van der Waals surface area contributed by atoms with Crippen LogP contribution in [0.15, 0.2) is 0 Å². The molecule has 0 unspecified atom stereocenters. The fourth-order valence-electron chi connectivity index (χ4n) is 1.62. The minimum atomic E-state index is 0.106. The van der Waals surface area contributed by atoms with Crippen molar-refractivity contribution in [1.82, 2.24) is 4.90 Å². The minimum Gasteiger partial charge on any atom is -0.339 e. The molecular formula is C11H22BrNO. The van der Waals surface area contributed by atoms with Gasteiger partial charge in [0.1, 0.15) is 0 Å². The summed E-state index contributed by atoms with van der Waals surface area (Å²) in [6.07, 6.45) is 2.09. The van der Waals surface area contributed by atoms with Gasteiger partial charge in [-0.3, -0.25) is 4.79 Å². The van der Waals surface area contributed by atoms with Gasteiger partial charge in [0, 0.05) is 23.8 Å². The van der Waals surface area contributed by atoms with E-state index in [0.29, 0.717) is 6.04 Å². The lowest BCUT2D eigenvalue weighted by molar-refractivity contribution is -0.136. The Morgan fingerprint density at radius 3 is 2.07 bits per heavy atom. The highest BCUT2D eigenvalue weighted by Crippen LogP contribution is 2.12. The van der Waals surface area contributed by atoms with E-state index in [1.807, 2.05) is 18.7 Å². The Morgan fingerprint density at radius 2 is 1.79 bits per heavy atom. The van der Waals surface area contributed by atoms with E-state index in [9.17, 15) is 4.79 Å². The Hall–Kier alpha value is -0.0500. The third-order valence-corrected chi connectivity index (χ3v) is 2.84. The number of halogens is 1. The molecule has 2 nitrogen and oxygen atoms in total. The van der Waals surface area contributed by atoms with E-state index in [2.05, 4.69) is 29.8 Å². The van der Waals surface area contributed by atoms with Crippen LogP contribution in [0.4, 0.5) is 0 Å². The standard InChI is InChI=1S/C11H22BrNO/c1-5-10(6-2)13(8-7-12)11(14)9(3)4/h9-10H,5-8H2,1-4H3. The monoisotopic (exact) mass is 263 g/mol. The largest absolute Gasteiger partial charge is 0.339 e. The van der Waals surface area contributed by atoms with Gasteiger partial charge in [-0.05, 0) is 12.8 Å². The lowest BCUT2D eigenvalue weighted by Gasteiger charge is -2.31. The van der Waals surface area contributed by atoms with Crippen molar-refractivity contribution in [3.05, 3.63) is 0 Å². The molecule has 1 amide bonds. The Morgan fingerprint density at radius 1 is 1.29 bits per heavy atom. The van der Waals surface area contributed by atoms with Crippen molar-refractivity contribution in [3.8, 4) is 0 Å². The molecule has 0 saturated carbocycles. The van der Waals surface area contributed by atoms with Crippen molar-refractivity contribution < 1.29 is 4.79 Å². The topological polar surface area (TPSA) is 20.3 Å². The van der Waals surface area contributed by atoms with Gasteiger partial charge in [-0.15, -0.1) is 0 Å². The van der Waals surface area contributed by atoms with Crippen LogP contribution >= 0.6 is 15.9 Å². The van der Waals surface area contributed by atoms with Crippen molar-refractivity contribution in [2.45, 2.75) is 46.6 Å². The second-order valence-corrected chi connectivity index (χ2v) is 4.64. The molecule has 0 aromatic rings. The molecule has 0 aliphatic rings. The normalized spacial score (nSPS) is 11.1. The number of rotatable bonds is 6. The van der Waals surface area contributed by atoms with Gasteiger partial charge in [0.05, 0.1) is 0 Å². The highest BCUT2D eigenvalue weighted by Gasteiger charge is 2.22. The lowest BCUT2D eigenvalue weighted by Crippen LogP contribution is -2.43. The van der Waals surface area contributed by atoms with Gasteiger partial charge in [0.25, 0.3) is 0 Å². The van der Waals surface area contributed by atoms with Gasteiger partial charge in [0.2, 0.25) is 5.91 Å². The minimum absolute atomic E-state index is 0.106. The van der Waals surface area contributed by atoms with Gasteiger partial charge in [0.15, 0.2) is 0 Å². The first-order valence-electron chi connectivity index (χ1n) is 5.44. The second-order valence-electron chi connectivity index (χ2n) is 3.85. The zero-order valence-electron chi connectivity index (χ0n) is 9.72. The fraction of sp³-hybridized carbons (Fsp3) is 0.909. The average molecular weight is 264 g/mol. The summed E-state index contributed by atoms with van der Waals surface area (Å²) in [5.41, 5.74) is 0. The molecule has 0 fully saturated rings. The number of alkyl halides is 1. The van der Waals surface area contributed by atoms with Gasteiger partial charge in [-0.1, -0.05) is 43.6 Å². The number of carbonyl (C=O) groups excluding carboxylic acids is 1. The summed E-state index contributed by atoms with van der Waals surface area (Å²) in [5, 5.41) is 0.863. The zero-order chi connectivity index (χ0) is 11.1. The van der Waals surface area contributed by atoms with Crippen LogP contribution in [0.2, 0.25) is 0 Å². The third-order valence-electron chi connectivity index (χ3n) is 2.49. The van der Waals surface area contributed by atoms with Gasteiger partial charge < -0.3 is 4.90 Å². The summed E-state index contributed by atoms with van der Waals surface area (Å²) >= 11 is 3.40. The summed E-state index contributed by atoms with van der Waals surface area (Å²) in [7, 11) is 0. The molecule has 0 N–H and O–H groups in total. The molecule has 3 heteroatoms. The van der Waals surface area contributed by atoms with Crippen LogP contribution in [0.25, 0.3) is 0 Å². The molecule has 0 bridgehead atoms. The highest BCUT2D eigenvalue weighted by molar-refractivity contribution is 9.09. The van der Waals surface area contributed by atoms with Crippen molar-refractivity contribution in [2.75, 3.05) is 11.9 Å². The predicted molar refractivity (Wildman–Crippen MR) is 64.7 cm³/mol. The van der Waals surface area contributed by atoms with Crippen molar-refractivity contribution in [1.29, 1.82) is 0 Å². The zero-order valence-corrected chi connectivity index (χ0v) is 11.3. The molecule has 0 aromatic heterocycles. The van der Waals surface area contributed by atoms with Crippen molar-refractivity contribution in [2.24, 2.45) is 5.92 Å². The first kappa shape index (κ1) is 13.9. The number of amides is 1. The summed E-state index contributed by atoms with van der Waals surface area (Å²) in [6, 6.07) is 0.405. The van der Waals surface area contributed by atoms with E-state index in [4.69, 9.17) is 0 Å². The number of nitrogens with zero attached hydrogens (tertiary/aromatic N) is 1. The lowest BCUT2D eigenvalue weighted by atomic mass is 10.1. The van der Waals surface area contributed by atoms with Crippen LogP contribution in [0.3, 0.4) is 0 Å². The van der Waals surface area contributed by atoms with Crippen LogP contribution in [0.1, 0.15) is 40.5 Å². The molecule has 0 radical (unpaired) electrons. The van der Waals surface area contributed by atoms with E-state index in [1.54, 1.807) is 0 Å². The van der Waals surface area contributed by atoms with Crippen molar-refractivity contribution >= 4 is 21.8 Å². The molecule has 0 aliphatic carbocycles. The maximum absolute atomic E-state index is 11.9. The van der Waals surface area contributed by atoms with Crippen LogP contribution in [-0.2, 0) is 4.79 Å². The number of carbonyl (C=O) groups is 1. The molecule has 14 heavy (non-hydrogen) atoms. The SMILES string of the molecule is CCC(CC)N(CCBr)C(=O)C(C)C. The first-order chi connectivity index (χ1) is 6.58. The molecule has 0 rings (SSSR count). The molecule has 84 valence electrons. The van der Waals surface area contributed by atoms with Crippen LogP contribution in [-0.4, -0.2) is 28.7 Å². The first-order valence-corrected chi connectivity index (χ1v) is 6.56. The third kappa shape index (κ3) is 3.99. The maximum Gasteiger partial charge on any atom is 0.225 e. The fourth-order valence-corrected chi connectivity index (χ4v) is 2.01. The summed E-state index contributed by atoms with van der Waals surface area (Å²) in [5.74, 6) is 0.382. The average Bonchev–Trinajstić information content (AvgIpc) is 2.17. The number of hydrogen-bond donors (Lipinski definition) is 0. The van der Waals surface area contributed by atoms with E-state index in [-0.39, 0.29) is 11.8 Å². The Balaban J connectivity index is 4.47. The van der Waals surface area contributed by atoms with E-state index in [1.165, 1.54) is 0 Å². The van der Waals surface area contributed by atoms with E-state index >= 15 is 0 Å². The van der Waals surface area contributed by atoms with Crippen LogP contribution in [0.5, 0.6) is 0 Å². The molecule has 0 spiro atoms. The van der Waals surface area contributed by atoms with E-state index < -0.39 is 0 Å². The Kier molecular flexibility index (Phi) is 7.24. The summed E-state index contributed by atoms with van der Waals surface area (Å²) in [6.45, 7) is 9.03. The molecule has 0 heterocycles. The molecule has 0 saturated heterocycles. The molecular weight excluding hydrogens is 242 g/mol. The maximum atomic E-state index is 11.9. The summed E-state index contributed by atoms with van der Waals surface area (Å²) in [4.78, 5) is 13.9. The molecule has 0 atom stereocenters.